The van der Waals surface area contributed by atoms with Gasteiger partial charge in [0.1, 0.15) is 12.2 Å². The number of amides is 4. The first-order valence-corrected chi connectivity index (χ1v) is 14.7. The molecule has 1 N–H and O–H groups in total. The van der Waals surface area contributed by atoms with Crippen LogP contribution in [0.2, 0.25) is 10.0 Å². The molecule has 0 aliphatic carbocycles. The standard InChI is InChI=1S/C28H31Cl2N5O3S/c1-3-13-33-19-26(36)34-24(12-14-39-4-2)27(37)32(17-21-10-11-22(29)23(30)15-21)18-25(34)35(33)28(38)31-16-20-8-6-5-7-9-20/h1,5-11,15,24-25H,4,12-14,16-19H2,2H3,(H,31,38)/t24-,25-/m0/s1. The Morgan fingerprint density at radius 1 is 1.13 bits per heavy atom. The Morgan fingerprint density at radius 3 is 2.59 bits per heavy atom. The highest BCUT2D eigenvalue weighted by molar-refractivity contribution is 7.99. The normalized spacial score (nSPS) is 19.6. The van der Waals surface area contributed by atoms with Crippen LogP contribution in [-0.2, 0) is 22.7 Å². The summed E-state index contributed by atoms with van der Waals surface area (Å²) in [6.45, 7) is 2.74. The van der Waals surface area contributed by atoms with E-state index >= 15 is 0 Å². The number of benzene rings is 2. The molecule has 206 valence electrons. The first-order valence-electron chi connectivity index (χ1n) is 12.7. The lowest BCUT2D eigenvalue weighted by atomic mass is 10.0. The lowest BCUT2D eigenvalue weighted by molar-refractivity contribution is -0.189. The summed E-state index contributed by atoms with van der Waals surface area (Å²) in [6, 6.07) is 13.7. The van der Waals surface area contributed by atoms with Gasteiger partial charge < -0.3 is 15.1 Å². The van der Waals surface area contributed by atoms with Crippen molar-refractivity contribution in [3.8, 4) is 12.3 Å². The zero-order chi connectivity index (χ0) is 27.9. The number of hydrogen-bond donors (Lipinski definition) is 1. The summed E-state index contributed by atoms with van der Waals surface area (Å²) < 4.78 is 0. The van der Waals surface area contributed by atoms with Gasteiger partial charge in [-0.05, 0) is 41.2 Å². The van der Waals surface area contributed by atoms with Gasteiger partial charge in [0, 0.05) is 13.1 Å². The predicted molar refractivity (Wildman–Crippen MR) is 155 cm³/mol. The SMILES string of the molecule is C#CCN1CC(=O)N2[C@@H](CCSCC)C(=O)N(Cc3ccc(Cl)c(Cl)c3)C[C@@H]2N1C(=O)NCc1ccccc1. The zero-order valence-corrected chi connectivity index (χ0v) is 24.0. The molecule has 0 unspecified atom stereocenters. The molecule has 2 heterocycles. The predicted octanol–water partition coefficient (Wildman–Crippen LogP) is 4.08. The van der Waals surface area contributed by atoms with E-state index in [0.717, 1.165) is 16.9 Å². The molecule has 0 aromatic heterocycles. The van der Waals surface area contributed by atoms with Crippen molar-refractivity contribution in [2.45, 2.75) is 38.6 Å². The third-order valence-corrected chi connectivity index (χ3v) is 8.37. The van der Waals surface area contributed by atoms with E-state index in [1.165, 1.54) is 5.01 Å². The minimum atomic E-state index is -0.715. The summed E-state index contributed by atoms with van der Waals surface area (Å²) in [4.78, 5) is 44.1. The molecule has 2 saturated heterocycles. The summed E-state index contributed by atoms with van der Waals surface area (Å²) in [5.41, 5.74) is 1.74. The van der Waals surface area contributed by atoms with Gasteiger partial charge in [0.15, 0.2) is 0 Å². The van der Waals surface area contributed by atoms with Crippen LogP contribution in [0.1, 0.15) is 24.5 Å². The summed E-state index contributed by atoms with van der Waals surface area (Å²) in [6.07, 6.45) is 5.38. The van der Waals surface area contributed by atoms with Gasteiger partial charge in [0.05, 0.1) is 29.7 Å². The first-order chi connectivity index (χ1) is 18.8. The van der Waals surface area contributed by atoms with Gasteiger partial charge in [-0.25, -0.2) is 9.80 Å². The maximum absolute atomic E-state index is 13.8. The molecule has 4 rings (SSSR count). The molecular weight excluding hydrogens is 557 g/mol. The highest BCUT2D eigenvalue weighted by Crippen LogP contribution is 2.30. The minimum Gasteiger partial charge on any atom is -0.333 e. The van der Waals surface area contributed by atoms with Gasteiger partial charge in [-0.3, -0.25) is 9.59 Å². The molecule has 2 fully saturated rings. The van der Waals surface area contributed by atoms with Crippen molar-refractivity contribution in [3.63, 3.8) is 0 Å². The van der Waals surface area contributed by atoms with Crippen LogP contribution < -0.4 is 5.32 Å². The number of rotatable bonds is 9. The summed E-state index contributed by atoms with van der Waals surface area (Å²) >= 11 is 14.0. The van der Waals surface area contributed by atoms with E-state index in [2.05, 4.69) is 18.2 Å². The number of fused-ring (bicyclic) bond motifs is 1. The third kappa shape index (κ3) is 6.82. The van der Waals surface area contributed by atoms with Crippen LogP contribution >= 0.6 is 35.0 Å². The van der Waals surface area contributed by atoms with E-state index in [9.17, 15) is 14.4 Å². The first kappa shape index (κ1) is 29.1. The summed E-state index contributed by atoms with van der Waals surface area (Å²) in [5.74, 6) is 3.78. The number of carbonyl (C=O) groups excluding carboxylic acids is 3. The second kappa shape index (κ2) is 13.4. The minimum absolute atomic E-state index is 0.0753. The second-order valence-electron chi connectivity index (χ2n) is 9.27. The largest absolute Gasteiger partial charge is 0.334 e. The molecule has 4 amide bonds. The fourth-order valence-corrected chi connectivity index (χ4v) is 5.91. The van der Waals surface area contributed by atoms with E-state index in [1.807, 2.05) is 36.4 Å². The number of thioether (sulfide) groups is 1. The maximum Gasteiger partial charge on any atom is 0.334 e. The number of hydrazine groups is 1. The average Bonchev–Trinajstić information content (AvgIpc) is 2.92. The molecule has 0 saturated carbocycles. The molecule has 0 spiro atoms. The lowest BCUT2D eigenvalue weighted by Crippen LogP contribution is -2.76. The molecule has 2 aliphatic rings. The molecule has 11 heteroatoms. The molecule has 0 bridgehead atoms. The van der Waals surface area contributed by atoms with Gasteiger partial charge >= 0.3 is 6.03 Å². The fourth-order valence-electron chi connectivity index (χ4n) is 4.91. The number of halogens is 2. The Labute approximate surface area is 243 Å². The van der Waals surface area contributed by atoms with Crippen LogP contribution in [0.5, 0.6) is 0 Å². The summed E-state index contributed by atoms with van der Waals surface area (Å²) in [7, 11) is 0. The fraction of sp³-hybridized carbons (Fsp3) is 0.393. The number of terminal acetylenes is 1. The second-order valence-corrected chi connectivity index (χ2v) is 11.5. The lowest BCUT2D eigenvalue weighted by Gasteiger charge is -2.55. The Balaban J connectivity index is 1.65. The van der Waals surface area contributed by atoms with Crippen molar-refractivity contribution < 1.29 is 14.4 Å². The molecule has 8 nitrogen and oxygen atoms in total. The maximum atomic E-state index is 13.8. The molecule has 2 aliphatic heterocycles. The van der Waals surface area contributed by atoms with Crippen molar-refractivity contribution >= 4 is 52.8 Å². The molecule has 0 radical (unpaired) electrons. The smallest absolute Gasteiger partial charge is 0.333 e. The van der Waals surface area contributed by atoms with Gasteiger partial charge in [0.25, 0.3) is 0 Å². The third-order valence-electron chi connectivity index (χ3n) is 6.70. The molecule has 2 aromatic carbocycles. The van der Waals surface area contributed by atoms with Crippen molar-refractivity contribution in [2.24, 2.45) is 0 Å². The molecule has 2 aromatic rings. The van der Waals surface area contributed by atoms with Crippen molar-refractivity contribution in [1.82, 2.24) is 25.1 Å². The van der Waals surface area contributed by atoms with Crippen LogP contribution in [0.15, 0.2) is 48.5 Å². The zero-order valence-electron chi connectivity index (χ0n) is 21.7. The number of carbonyl (C=O) groups is 3. The Hall–Kier alpha value is -2.90. The number of hydrogen-bond acceptors (Lipinski definition) is 5. The Morgan fingerprint density at radius 2 is 1.90 bits per heavy atom. The summed E-state index contributed by atoms with van der Waals surface area (Å²) in [5, 5.41) is 6.87. The molecule has 39 heavy (non-hydrogen) atoms. The quantitative estimate of drug-likeness (QED) is 0.353. The highest BCUT2D eigenvalue weighted by atomic mass is 35.5. The van der Waals surface area contributed by atoms with E-state index < -0.39 is 12.2 Å². The van der Waals surface area contributed by atoms with Crippen molar-refractivity contribution in [1.29, 1.82) is 0 Å². The van der Waals surface area contributed by atoms with Gasteiger partial charge in [-0.2, -0.15) is 16.8 Å². The van der Waals surface area contributed by atoms with E-state index in [-0.39, 0.29) is 44.0 Å². The van der Waals surface area contributed by atoms with Crippen LogP contribution in [0.3, 0.4) is 0 Å². The van der Waals surface area contributed by atoms with Crippen LogP contribution in [0.4, 0.5) is 4.79 Å². The van der Waals surface area contributed by atoms with Crippen LogP contribution in [0.25, 0.3) is 0 Å². The number of nitrogens with one attached hydrogen (secondary N) is 1. The topological polar surface area (TPSA) is 76.2 Å². The van der Waals surface area contributed by atoms with Gasteiger partial charge in [-0.1, -0.05) is 72.4 Å². The van der Waals surface area contributed by atoms with Crippen molar-refractivity contribution in [2.75, 3.05) is 31.1 Å². The monoisotopic (exact) mass is 587 g/mol. The number of piperazine rings is 1. The number of urea groups is 1. The average molecular weight is 589 g/mol. The highest BCUT2D eigenvalue weighted by Gasteiger charge is 2.51. The Bertz CT molecular complexity index is 1240. The van der Waals surface area contributed by atoms with E-state index in [4.69, 9.17) is 29.6 Å². The number of nitrogens with zero attached hydrogens (tertiary/aromatic N) is 4. The molecule has 2 atom stereocenters. The Kier molecular flexibility index (Phi) is 10.0. The molecular formula is C28H31Cl2N5O3S. The van der Waals surface area contributed by atoms with Gasteiger partial charge in [0.2, 0.25) is 11.8 Å². The van der Waals surface area contributed by atoms with Crippen molar-refractivity contribution in [3.05, 3.63) is 69.7 Å². The van der Waals surface area contributed by atoms with E-state index in [1.54, 1.807) is 38.7 Å². The van der Waals surface area contributed by atoms with Gasteiger partial charge in [-0.15, -0.1) is 6.42 Å². The van der Waals surface area contributed by atoms with Crippen LogP contribution in [-0.4, -0.2) is 81.0 Å². The van der Waals surface area contributed by atoms with E-state index in [0.29, 0.717) is 28.8 Å². The van der Waals surface area contributed by atoms with Crippen LogP contribution in [0, 0.1) is 12.3 Å².